The van der Waals surface area contributed by atoms with Gasteiger partial charge in [0.25, 0.3) is 5.91 Å². The molecule has 1 heterocycles. The molecule has 0 radical (unpaired) electrons. The highest BCUT2D eigenvalue weighted by atomic mass is 35.5. The Balaban J connectivity index is 2.20. The summed E-state index contributed by atoms with van der Waals surface area (Å²) in [4.78, 5) is 24.0. The van der Waals surface area contributed by atoms with Crippen LogP contribution in [0.1, 0.15) is 27.7 Å². The number of benzene rings is 1. The minimum atomic E-state index is -0.990. The lowest BCUT2D eigenvalue weighted by molar-refractivity contribution is -0.137. The maximum atomic E-state index is 12.2. The molecule has 0 spiro atoms. The van der Waals surface area contributed by atoms with Gasteiger partial charge in [-0.2, -0.15) is 0 Å². The lowest BCUT2D eigenvalue weighted by atomic mass is 10.1. The molecule has 0 aliphatic carbocycles. The highest BCUT2D eigenvalue weighted by Crippen LogP contribution is 2.25. The van der Waals surface area contributed by atoms with Crippen molar-refractivity contribution in [2.45, 2.75) is 12.5 Å². The zero-order valence-corrected chi connectivity index (χ0v) is 13.0. The Morgan fingerprint density at radius 3 is 2.62 bits per heavy atom. The first-order valence-corrected chi connectivity index (χ1v) is 7.62. The Morgan fingerprint density at radius 1 is 1.29 bits per heavy atom. The van der Waals surface area contributed by atoms with Crippen molar-refractivity contribution in [3.05, 3.63) is 56.2 Å². The quantitative estimate of drug-likeness (QED) is 0.862. The third kappa shape index (κ3) is 4.20. The van der Waals surface area contributed by atoms with E-state index in [0.29, 0.717) is 5.02 Å². The van der Waals surface area contributed by atoms with Crippen LogP contribution in [0.5, 0.6) is 0 Å². The van der Waals surface area contributed by atoms with E-state index in [0.717, 1.165) is 4.88 Å². The smallest absolute Gasteiger partial charge is 0.305 e. The second-order valence-electron chi connectivity index (χ2n) is 4.26. The van der Waals surface area contributed by atoms with Crippen LogP contribution in [-0.4, -0.2) is 17.0 Å². The fraction of sp³-hybridized carbons (Fsp3) is 0.143. The summed E-state index contributed by atoms with van der Waals surface area (Å²) in [6.07, 6.45) is -0.197. The summed E-state index contributed by atoms with van der Waals surface area (Å²) in [6.45, 7) is 0. The Hall–Kier alpha value is -1.56. The predicted octanol–water partition coefficient (Wildman–Crippen LogP) is 4.00. The van der Waals surface area contributed by atoms with Crippen molar-refractivity contribution in [2.75, 3.05) is 0 Å². The van der Waals surface area contributed by atoms with Gasteiger partial charge in [-0.05, 0) is 29.6 Å². The molecule has 0 aliphatic rings. The second kappa shape index (κ2) is 6.93. The molecule has 1 aromatic heterocycles. The first kappa shape index (κ1) is 15.8. The lowest BCUT2D eigenvalue weighted by Crippen LogP contribution is -2.29. The van der Waals surface area contributed by atoms with Gasteiger partial charge in [0.15, 0.2) is 0 Å². The van der Waals surface area contributed by atoms with E-state index in [1.54, 1.807) is 18.2 Å². The highest BCUT2D eigenvalue weighted by Gasteiger charge is 2.21. The van der Waals surface area contributed by atoms with Crippen LogP contribution in [0.25, 0.3) is 0 Å². The van der Waals surface area contributed by atoms with Crippen LogP contribution in [0.2, 0.25) is 10.0 Å². The molecule has 2 N–H and O–H groups in total. The Kier molecular flexibility index (Phi) is 5.22. The van der Waals surface area contributed by atoms with Crippen LogP contribution < -0.4 is 5.32 Å². The van der Waals surface area contributed by atoms with Crippen LogP contribution >= 0.6 is 34.5 Å². The van der Waals surface area contributed by atoms with Gasteiger partial charge >= 0.3 is 5.97 Å². The average molecular weight is 344 g/mol. The van der Waals surface area contributed by atoms with Gasteiger partial charge in [0.05, 0.1) is 23.0 Å². The maximum Gasteiger partial charge on any atom is 0.305 e. The number of nitrogens with one attached hydrogen (secondary N) is 1. The summed E-state index contributed by atoms with van der Waals surface area (Å²) < 4.78 is 0. The van der Waals surface area contributed by atoms with Crippen LogP contribution in [0.4, 0.5) is 0 Å². The molecule has 2 rings (SSSR count). The number of aliphatic carboxylic acids is 1. The third-order valence-corrected chi connectivity index (χ3v) is 4.28. The first-order chi connectivity index (χ1) is 9.97. The van der Waals surface area contributed by atoms with Gasteiger partial charge in [-0.25, -0.2) is 0 Å². The Morgan fingerprint density at radius 2 is 2.05 bits per heavy atom. The molecule has 7 heteroatoms. The molecule has 1 amide bonds. The van der Waals surface area contributed by atoms with Gasteiger partial charge in [-0.3, -0.25) is 9.59 Å². The predicted molar refractivity (Wildman–Crippen MR) is 83.2 cm³/mol. The highest BCUT2D eigenvalue weighted by molar-refractivity contribution is 7.10. The van der Waals surface area contributed by atoms with Crippen molar-refractivity contribution in [3.63, 3.8) is 0 Å². The number of thiophene rings is 1. The average Bonchev–Trinajstić information content (AvgIpc) is 2.90. The lowest BCUT2D eigenvalue weighted by Gasteiger charge is -2.16. The second-order valence-corrected chi connectivity index (χ2v) is 6.09. The molecule has 0 fully saturated rings. The summed E-state index contributed by atoms with van der Waals surface area (Å²) >= 11 is 13.1. The van der Waals surface area contributed by atoms with Crippen molar-refractivity contribution in [1.29, 1.82) is 0 Å². The van der Waals surface area contributed by atoms with Crippen molar-refractivity contribution in [3.8, 4) is 0 Å². The largest absolute Gasteiger partial charge is 0.481 e. The number of hydrogen-bond acceptors (Lipinski definition) is 3. The molecular weight excluding hydrogens is 333 g/mol. The molecule has 1 atom stereocenters. The number of carboxylic acids is 1. The number of halogens is 2. The number of hydrogen-bond donors (Lipinski definition) is 2. The normalized spacial score (nSPS) is 11.9. The van der Waals surface area contributed by atoms with E-state index in [1.165, 1.54) is 23.5 Å². The van der Waals surface area contributed by atoms with Gasteiger partial charge < -0.3 is 10.4 Å². The van der Waals surface area contributed by atoms with E-state index in [2.05, 4.69) is 5.32 Å². The Labute approximate surface area is 135 Å². The summed E-state index contributed by atoms with van der Waals surface area (Å²) in [6, 6.07) is 7.52. The van der Waals surface area contributed by atoms with E-state index in [1.807, 2.05) is 5.38 Å². The number of rotatable bonds is 5. The van der Waals surface area contributed by atoms with Crippen LogP contribution in [-0.2, 0) is 4.79 Å². The third-order valence-electron chi connectivity index (χ3n) is 2.75. The molecule has 1 unspecified atom stereocenters. The Bertz CT molecular complexity index is 658. The molecule has 0 saturated heterocycles. The van der Waals surface area contributed by atoms with Crippen molar-refractivity contribution >= 4 is 46.4 Å². The zero-order valence-electron chi connectivity index (χ0n) is 10.7. The van der Waals surface area contributed by atoms with Gasteiger partial charge in [0.1, 0.15) is 0 Å². The van der Waals surface area contributed by atoms with Crippen molar-refractivity contribution in [2.24, 2.45) is 0 Å². The fourth-order valence-electron chi connectivity index (χ4n) is 1.80. The van der Waals surface area contributed by atoms with Crippen molar-refractivity contribution < 1.29 is 14.7 Å². The molecular formula is C14H11Cl2NO3S. The molecule has 0 saturated carbocycles. The standard InChI is InChI=1S/C14H11Cl2NO3S/c15-8-3-4-9(10(16)6-8)14(20)17-11(7-13(18)19)12-2-1-5-21-12/h1-6,11H,7H2,(H,17,20)(H,18,19). The molecule has 4 nitrogen and oxygen atoms in total. The molecule has 21 heavy (non-hydrogen) atoms. The number of carboxylic acid groups (broad SMARTS) is 1. The molecule has 0 aliphatic heterocycles. The van der Waals surface area contributed by atoms with Gasteiger partial charge in [0, 0.05) is 9.90 Å². The molecule has 1 aromatic carbocycles. The number of carbonyl (C=O) groups excluding carboxylic acids is 1. The summed E-state index contributed by atoms with van der Waals surface area (Å²) in [5.41, 5.74) is 0.257. The first-order valence-electron chi connectivity index (χ1n) is 5.98. The fourth-order valence-corrected chi connectivity index (χ4v) is 3.07. The van der Waals surface area contributed by atoms with Crippen LogP contribution in [0.3, 0.4) is 0 Å². The van der Waals surface area contributed by atoms with Gasteiger partial charge in [-0.1, -0.05) is 29.3 Å². The minimum absolute atomic E-state index is 0.197. The zero-order chi connectivity index (χ0) is 15.4. The van der Waals surface area contributed by atoms with Crippen LogP contribution in [0.15, 0.2) is 35.7 Å². The van der Waals surface area contributed by atoms with E-state index < -0.39 is 17.9 Å². The van der Waals surface area contributed by atoms with E-state index in [-0.39, 0.29) is 17.0 Å². The molecule has 2 aromatic rings. The number of amides is 1. The summed E-state index contributed by atoms with van der Waals surface area (Å²) in [7, 11) is 0. The van der Waals surface area contributed by atoms with Crippen molar-refractivity contribution in [1.82, 2.24) is 5.32 Å². The van der Waals surface area contributed by atoms with Crippen LogP contribution in [0, 0.1) is 0 Å². The monoisotopic (exact) mass is 343 g/mol. The van der Waals surface area contributed by atoms with Gasteiger partial charge in [-0.15, -0.1) is 11.3 Å². The van der Waals surface area contributed by atoms with E-state index in [9.17, 15) is 9.59 Å². The van der Waals surface area contributed by atoms with E-state index >= 15 is 0 Å². The topological polar surface area (TPSA) is 66.4 Å². The number of carbonyl (C=O) groups is 2. The maximum absolute atomic E-state index is 12.2. The summed E-state index contributed by atoms with van der Waals surface area (Å²) in [5, 5.41) is 14.1. The minimum Gasteiger partial charge on any atom is -0.481 e. The molecule has 0 bridgehead atoms. The molecule has 110 valence electrons. The summed E-state index contributed by atoms with van der Waals surface area (Å²) in [5.74, 6) is -1.42. The van der Waals surface area contributed by atoms with Gasteiger partial charge in [0.2, 0.25) is 0 Å². The SMILES string of the molecule is O=C(O)CC(NC(=O)c1ccc(Cl)cc1Cl)c1cccs1. The van der Waals surface area contributed by atoms with E-state index in [4.69, 9.17) is 28.3 Å².